The first-order chi connectivity index (χ1) is 5.59. The van der Waals surface area contributed by atoms with Gasteiger partial charge in [0.05, 0.1) is 0 Å². The quantitative estimate of drug-likeness (QED) is 0.611. The fraction of sp³-hybridized carbons (Fsp3) is 1.00. The van der Waals surface area contributed by atoms with E-state index in [2.05, 4.69) is 32.7 Å². The molecular formula is C11H23N. The van der Waals surface area contributed by atoms with Crippen LogP contribution in [0.2, 0.25) is 0 Å². The van der Waals surface area contributed by atoms with Gasteiger partial charge in [0, 0.05) is 6.04 Å². The van der Waals surface area contributed by atoms with Crippen LogP contribution in [0, 0.1) is 5.41 Å². The fourth-order valence-corrected chi connectivity index (χ4v) is 1.63. The third-order valence-electron chi connectivity index (χ3n) is 3.58. The van der Waals surface area contributed by atoms with Crippen LogP contribution in [-0.2, 0) is 0 Å². The van der Waals surface area contributed by atoms with Gasteiger partial charge < -0.3 is 4.90 Å². The van der Waals surface area contributed by atoms with E-state index in [-0.39, 0.29) is 0 Å². The Morgan fingerprint density at radius 2 is 1.92 bits per heavy atom. The highest BCUT2D eigenvalue weighted by atomic mass is 15.1. The summed E-state index contributed by atoms with van der Waals surface area (Å²) < 4.78 is 0. The molecule has 0 atom stereocenters. The SMILES string of the molecule is CCC1(CCN(C)C(C)C)CC1. The van der Waals surface area contributed by atoms with Gasteiger partial charge in [0.15, 0.2) is 0 Å². The molecule has 0 spiro atoms. The fourth-order valence-electron chi connectivity index (χ4n) is 1.63. The third-order valence-corrected chi connectivity index (χ3v) is 3.58. The van der Waals surface area contributed by atoms with Crippen LogP contribution in [0.1, 0.15) is 46.5 Å². The maximum Gasteiger partial charge on any atom is 0.00355 e. The van der Waals surface area contributed by atoms with E-state index in [0.29, 0.717) is 6.04 Å². The molecule has 1 saturated carbocycles. The van der Waals surface area contributed by atoms with Gasteiger partial charge >= 0.3 is 0 Å². The average Bonchev–Trinajstić information content (AvgIpc) is 2.81. The molecule has 12 heavy (non-hydrogen) atoms. The lowest BCUT2D eigenvalue weighted by Gasteiger charge is -2.23. The van der Waals surface area contributed by atoms with Crippen LogP contribution in [-0.4, -0.2) is 24.5 Å². The van der Waals surface area contributed by atoms with E-state index in [0.717, 1.165) is 5.41 Å². The Kier molecular flexibility index (Phi) is 3.16. The summed E-state index contributed by atoms with van der Waals surface area (Å²) >= 11 is 0. The van der Waals surface area contributed by atoms with Gasteiger partial charge in [-0.05, 0) is 52.1 Å². The summed E-state index contributed by atoms with van der Waals surface area (Å²) in [6, 6.07) is 0.706. The number of hydrogen-bond donors (Lipinski definition) is 0. The number of hydrogen-bond acceptors (Lipinski definition) is 1. The van der Waals surface area contributed by atoms with E-state index in [9.17, 15) is 0 Å². The summed E-state index contributed by atoms with van der Waals surface area (Å²) in [5, 5.41) is 0. The Morgan fingerprint density at radius 3 is 2.25 bits per heavy atom. The topological polar surface area (TPSA) is 3.24 Å². The molecule has 1 aliphatic rings. The zero-order chi connectivity index (χ0) is 9.19. The van der Waals surface area contributed by atoms with Gasteiger partial charge in [-0.1, -0.05) is 13.3 Å². The van der Waals surface area contributed by atoms with Crippen LogP contribution in [0.15, 0.2) is 0 Å². The van der Waals surface area contributed by atoms with Crippen LogP contribution in [0.4, 0.5) is 0 Å². The Labute approximate surface area is 77.1 Å². The Bertz CT molecular complexity index is 136. The van der Waals surface area contributed by atoms with E-state index in [1.54, 1.807) is 0 Å². The zero-order valence-electron chi connectivity index (χ0n) is 9.06. The van der Waals surface area contributed by atoms with E-state index < -0.39 is 0 Å². The Morgan fingerprint density at radius 1 is 1.33 bits per heavy atom. The molecule has 0 unspecified atom stereocenters. The standard InChI is InChI=1S/C11H23N/c1-5-11(6-7-11)8-9-12(4)10(2)3/h10H,5-9H2,1-4H3. The van der Waals surface area contributed by atoms with E-state index in [1.165, 1.54) is 32.2 Å². The lowest BCUT2D eigenvalue weighted by atomic mass is 9.99. The predicted molar refractivity (Wildman–Crippen MR) is 54.3 cm³/mol. The highest BCUT2D eigenvalue weighted by Gasteiger charge is 2.39. The van der Waals surface area contributed by atoms with Gasteiger partial charge in [0.25, 0.3) is 0 Å². The monoisotopic (exact) mass is 169 g/mol. The molecule has 1 heteroatoms. The van der Waals surface area contributed by atoms with Crippen LogP contribution in [0.3, 0.4) is 0 Å². The summed E-state index contributed by atoms with van der Waals surface area (Å²) in [5.74, 6) is 0. The second-order valence-corrected chi connectivity index (χ2v) is 4.68. The molecule has 0 heterocycles. The zero-order valence-corrected chi connectivity index (χ0v) is 9.06. The van der Waals surface area contributed by atoms with Gasteiger partial charge in [0.1, 0.15) is 0 Å². The Hall–Kier alpha value is -0.0400. The van der Waals surface area contributed by atoms with Crippen molar-refractivity contribution in [1.82, 2.24) is 4.90 Å². The molecule has 0 N–H and O–H groups in total. The normalized spacial score (nSPS) is 20.5. The summed E-state index contributed by atoms with van der Waals surface area (Å²) in [4.78, 5) is 2.45. The molecule has 0 aromatic heterocycles. The molecule has 1 nitrogen and oxygen atoms in total. The van der Waals surface area contributed by atoms with Gasteiger partial charge in [-0.2, -0.15) is 0 Å². The van der Waals surface area contributed by atoms with Crippen LogP contribution in [0.25, 0.3) is 0 Å². The van der Waals surface area contributed by atoms with Crippen LogP contribution in [0.5, 0.6) is 0 Å². The molecule has 1 aliphatic carbocycles. The molecule has 72 valence electrons. The largest absolute Gasteiger partial charge is 0.304 e. The summed E-state index contributed by atoms with van der Waals surface area (Å²) in [6.45, 7) is 8.16. The molecule has 0 saturated heterocycles. The number of nitrogens with zero attached hydrogens (tertiary/aromatic N) is 1. The first kappa shape index (κ1) is 10.0. The number of rotatable bonds is 5. The minimum absolute atomic E-state index is 0.706. The predicted octanol–water partition coefficient (Wildman–Crippen LogP) is 2.91. The van der Waals surface area contributed by atoms with Crippen molar-refractivity contribution < 1.29 is 0 Å². The minimum Gasteiger partial charge on any atom is -0.304 e. The highest BCUT2D eigenvalue weighted by Crippen LogP contribution is 2.51. The molecular weight excluding hydrogens is 146 g/mol. The molecule has 0 amide bonds. The van der Waals surface area contributed by atoms with Crippen molar-refractivity contribution in [2.75, 3.05) is 13.6 Å². The lowest BCUT2D eigenvalue weighted by molar-refractivity contribution is 0.243. The molecule has 1 rings (SSSR count). The van der Waals surface area contributed by atoms with E-state index in [4.69, 9.17) is 0 Å². The first-order valence-corrected chi connectivity index (χ1v) is 5.30. The van der Waals surface area contributed by atoms with Gasteiger partial charge in [-0.3, -0.25) is 0 Å². The molecule has 0 radical (unpaired) electrons. The van der Waals surface area contributed by atoms with Gasteiger partial charge in [0.2, 0.25) is 0 Å². The van der Waals surface area contributed by atoms with Crippen molar-refractivity contribution in [2.24, 2.45) is 5.41 Å². The van der Waals surface area contributed by atoms with E-state index >= 15 is 0 Å². The maximum absolute atomic E-state index is 2.45. The third kappa shape index (κ3) is 2.48. The first-order valence-electron chi connectivity index (χ1n) is 5.30. The molecule has 1 fully saturated rings. The summed E-state index contributed by atoms with van der Waals surface area (Å²) in [5.41, 5.74) is 0.767. The minimum atomic E-state index is 0.706. The van der Waals surface area contributed by atoms with Crippen LogP contribution >= 0.6 is 0 Å². The van der Waals surface area contributed by atoms with Crippen LogP contribution < -0.4 is 0 Å². The lowest BCUT2D eigenvalue weighted by Crippen LogP contribution is -2.28. The van der Waals surface area contributed by atoms with Crippen molar-refractivity contribution in [2.45, 2.75) is 52.5 Å². The van der Waals surface area contributed by atoms with Gasteiger partial charge in [-0.15, -0.1) is 0 Å². The second-order valence-electron chi connectivity index (χ2n) is 4.68. The van der Waals surface area contributed by atoms with Gasteiger partial charge in [-0.25, -0.2) is 0 Å². The van der Waals surface area contributed by atoms with Crippen molar-refractivity contribution in [3.8, 4) is 0 Å². The smallest absolute Gasteiger partial charge is 0.00355 e. The van der Waals surface area contributed by atoms with Crippen molar-refractivity contribution in [3.63, 3.8) is 0 Å². The maximum atomic E-state index is 2.45. The van der Waals surface area contributed by atoms with Crippen molar-refractivity contribution >= 4 is 0 Å². The van der Waals surface area contributed by atoms with Crippen molar-refractivity contribution in [3.05, 3.63) is 0 Å². The average molecular weight is 169 g/mol. The van der Waals surface area contributed by atoms with E-state index in [1.807, 2.05) is 0 Å². The Balaban J connectivity index is 2.17. The molecule has 0 aromatic carbocycles. The molecule has 0 bridgehead atoms. The molecule has 0 aromatic rings. The van der Waals surface area contributed by atoms with Crippen molar-refractivity contribution in [1.29, 1.82) is 0 Å². The second kappa shape index (κ2) is 3.78. The molecule has 0 aliphatic heterocycles. The summed E-state index contributed by atoms with van der Waals surface area (Å²) in [6.07, 6.45) is 5.77. The summed E-state index contributed by atoms with van der Waals surface area (Å²) in [7, 11) is 2.23. The highest BCUT2D eigenvalue weighted by molar-refractivity contribution is 4.92.